The molecule has 9 heteroatoms. The fourth-order valence-electron chi connectivity index (χ4n) is 4.93. The smallest absolute Gasteiger partial charge is 0.243 e. The van der Waals surface area contributed by atoms with Crippen LogP contribution in [0.3, 0.4) is 0 Å². The van der Waals surface area contributed by atoms with Gasteiger partial charge in [-0.05, 0) is 42.4 Å². The Morgan fingerprint density at radius 2 is 1.81 bits per heavy atom. The van der Waals surface area contributed by atoms with Crippen LogP contribution in [-0.2, 0) is 20.8 Å². The van der Waals surface area contributed by atoms with Crippen molar-refractivity contribution >= 4 is 53.3 Å². The van der Waals surface area contributed by atoms with Crippen molar-refractivity contribution in [2.24, 2.45) is 28.7 Å². The second kappa shape index (κ2) is 10.5. The number of benzene rings is 1. The van der Waals surface area contributed by atoms with Crippen molar-refractivity contribution in [2.75, 3.05) is 32.0 Å². The number of aliphatic imine (C=N–C) groups is 1. The zero-order chi connectivity index (χ0) is 22.0. The highest BCUT2D eigenvalue weighted by Crippen LogP contribution is 2.52. The molecule has 8 nitrogen and oxygen atoms in total. The monoisotopic (exact) mass is 551 g/mol. The van der Waals surface area contributed by atoms with Crippen molar-refractivity contribution in [1.29, 1.82) is 0 Å². The zero-order valence-electron chi connectivity index (χ0n) is 18.3. The van der Waals surface area contributed by atoms with Gasteiger partial charge in [-0.2, -0.15) is 0 Å². The number of halogens is 1. The normalized spacial score (nSPS) is 25.6. The predicted octanol–water partition coefficient (Wildman–Crippen LogP) is 1.78. The first-order chi connectivity index (χ1) is 15.0. The van der Waals surface area contributed by atoms with E-state index in [0.717, 1.165) is 24.1 Å². The van der Waals surface area contributed by atoms with Crippen LogP contribution in [0.1, 0.15) is 18.9 Å². The maximum absolute atomic E-state index is 12.7. The summed E-state index contributed by atoms with van der Waals surface area (Å²) in [6.07, 6.45) is 6.02. The second-order valence-electron chi connectivity index (χ2n) is 8.28. The highest BCUT2D eigenvalue weighted by Gasteiger charge is 2.58. The Morgan fingerprint density at radius 1 is 1.12 bits per heavy atom. The molecule has 3 amide bonds. The molecule has 1 saturated carbocycles. The Balaban J connectivity index is 0.00000289. The third-order valence-electron chi connectivity index (χ3n) is 6.45. The van der Waals surface area contributed by atoms with Crippen molar-refractivity contribution in [1.82, 2.24) is 15.5 Å². The summed E-state index contributed by atoms with van der Waals surface area (Å²) >= 11 is 0. The Kier molecular flexibility index (Phi) is 7.91. The zero-order valence-corrected chi connectivity index (χ0v) is 20.7. The van der Waals surface area contributed by atoms with E-state index in [0.29, 0.717) is 19.0 Å². The van der Waals surface area contributed by atoms with Crippen LogP contribution < -0.4 is 16.0 Å². The average Bonchev–Trinajstić information content (AvgIpc) is 3.45. The number of nitrogens with zero attached hydrogens (tertiary/aromatic N) is 2. The number of hydrogen-bond acceptors (Lipinski definition) is 4. The minimum absolute atomic E-state index is 0. The van der Waals surface area contributed by atoms with E-state index in [1.807, 2.05) is 24.3 Å². The quantitative estimate of drug-likeness (QED) is 0.158. The van der Waals surface area contributed by atoms with E-state index in [1.54, 1.807) is 7.05 Å². The average molecular weight is 551 g/mol. The molecule has 2 aliphatic carbocycles. The van der Waals surface area contributed by atoms with Crippen molar-refractivity contribution in [3.63, 3.8) is 0 Å². The molecule has 3 N–H and O–H groups in total. The number of carbonyl (C=O) groups is 3. The number of nitrogens with one attached hydrogen (secondary N) is 3. The van der Waals surface area contributed by atoms with Gasteiger partial charge in [0.25, 0.3) is 0 Å². The van der Waals surface area contributed by atoms with E-state index in [9.17, 15) is 14.4 Å². The summed E-state index contributed by atoms with van der Waals surface area (Å²) in [5.74, 6) is 0.251. The van der Waals surface area contributed by atoms with Gasteiger partial charge >= 0.3 is 0 Å². The Labute approximate surface area is 205 Å². The van der Waals surface area contributed by atoms with Gasteiger partial charge in [0.05, 0.1) is 18.4 Å². The van der Waals surface area contributed by atoms with Crippen molar-refractivity contribution in [3.8, 4) is 0 Å². The van der Waals surface area contributed by atoms with E-state index in [1.165, 1.54) is 4.90 Å². The lowest BCUT2D eigenvalue weighted by Crippen LogP contribution is -2.45. The van der Waals surface area contributed by atoms with Crippen LogP contribution in [0.5, 0.6) is 0 Å². The largest absolute Gasteiger partial charge is 0.355 e. The summed E-state index contributed by atoms with van der Waals surface area (Å²) in [5, 5.41) is 8.89. The van der Waals surface area contributed by atoms with Gasteiger partial charge in [-0.25, -0.2) is 0 Å². The van der Waals surface area contributed by atoms with Gasteiger partial charge in [-0.3, -0.25) is 24.3 Å². The molecule has 1 aliphatic heterocycles. The summed E-state index contributed by atoms with van der Waals surface area (Å²) in [5.41, 5.74) is 1.91. The van der Waals surface area contributed by atoms with Crippen LogP contribution >= 0.6 is 24.0 Å². The van der Waals surface area contributed by atoms with Crippen molar-refractivity contribution in [3.05, 3.63) is 42.0 Å². The molecule has 3 aliphatic rings. The van der Waals surface area contributed by atoms with Crippen molar-refractivity contribution < 1.29 is 14.4 Å². The van der Waals surface area contributed by atoms with Gasteiger partial charge in [0, 0.05) is 25.8 Å². The Morgan fingerprint density at radius 3 is 2.44 bits per heavy atom. The molecule has 2 bridgehead atoms. The number of imide groups is 1. The van der Waals surface area contributed by atoms with E-state index < -0.39 is 0 Å². The van der Waals surface area contributed by atoms with Gasteiger partial charge in [0.1, 0.15) is 0 Å². The number of hydrogen-bond donors (Lipinski definition) is 3. The second-order valence-corrected chi connectivity index (χ2v) is 8.28. The van der Waals surface area contributed by atoms with Gasteiger partial charge in [-0.15, -0.1) is 24.0 Å². The van der Waals surface area contributed by atoms with Crippen LogP contribution in [0.2, 0.25) is 0 Å². The van der Waals surface area contributed by atoms with Gasteiger partial charge in [0.15, 0.2) is 5.96 Å². The number of likely N-dealkylation sites (tertiary alicyclic amines) is 1. The summed E-state index contributed by atoms with van der Waals surface area (Å²) in [6, 6.07) is 7.74. The molecule has 1 saturated heterocycles. The molecule has 0 aromatic heterocycles. The minimum atomic E-state index is -0.183. The van der Waals surface area contributed by atoms with E-state index in [4.69, 9.17) is 0 Å². The first kappa shape index (κ1) is 24.2. The lowest BCUT2D eigenvalue weighted by molar-refractivity contribution is -0.140. The van der Waals surface area contributed by atoms with E-state index >= 15 is 0 Å². The molecule has 172 valence electrons. The molecule has 1 aromatic carbocycles. The minimum Gasteiger partial charge on any atom is -0.355 e. The fourth-order valence-corrected chi connectivity index (χ4v) is 4.93. The molecule has 4 unspecified atom stereocenters. The first-order valence-corrected chi connectivity index (χ1v) is 10.9. The van der Waals surface area contributed by atoms with Crippen LogP contribution in [0, 0.1) is 23.7 Å². The van der Waals surface area contributed by atoms with Gasteiger partial charge < -0.3 is 16.0 Å². The molecular formula is C23H30IN5O3. The Bertz CT molecular complexity index is 917. The predicted molar refractivity (Wildman–Crippen MR) is 134 cm³/mol. The van der Waals surface area contributed by atoms with Crippen molar-refractivity contribution in [2.45, 2.75) is 19.8 Å². The molecule has 1 heterocycles. The number of carbonyl (C=O) groups excluding carboxylic acids is 3. The number of amides is 3. The number of allylic oxidation sites excluding steroid dienone is 2. The van der Waals surface area contributed by atoms with Gasteiger partial charge in [0.2, 0.25) is 17.7 Å². The Hall–Kier alpha value is -2.43. The highest BCUT2D eigenvalue weighted by molar-refractivity contribution is 14.0. The standard InChI is InChI=1S/C23H29N5O3.HI/c1-3-14-5-4-6-17(11-14)27-18(29)13-26-23(24-2)25-9-10-28-21(30)19-15-7-8-16(12-15)20(19)22(28)31;/h4-8,11,15-16,19-20H,3,9-10,12-13H2,1-2H3,(H,27,29)(H2,24,25,26);1H. The maximum Gasteiger partial charge on any atom is 0.243 e. The number of anilines is 1. The molecular weight excluding hydrogens is 521 g/mol. The summed E-state index contributed by atoms with van der Waals surface area (Å²) < 4.78 is 0. The van der Waals surface area contributed by atoms with Crippen LogP contribution in [-0.4, -0.2) is 55.3 Å². The van der Waals surface area contributed by atoms with Crippen LogP contribution in [0.4, 0.5) is 5.69 Å². The fraction of sp³-hybridized carbons (Fsp3) is 0.478. The summed E-state index contributed by atoms with van der Waals surface area (Å²) in [7, 11) is 1.61. The van der Waals surface area contributed by atoms with Gasteiger partial charge in [-0.1, -0.05) is 31.2 Å². The summed E-state index contributed by atoms with van der Waals surface area (Å²) in [4.78, 5) is 43.1. The first-order valence-electron chi connectivity index (χ1n) is 10.9. The van der Waals surface area contributed by atoms with Crippen LogP contribution in [0.25, 0.3) is 0 Å². The van der Waals surface area contributed by atoms with E-state index in [-0.39, 0.29) is 71.9 Å². The number of fused-ring (bicyclic) bond motifs is 5. The molecule has 0 radical (unpaired) electrons. The molecule has 2 fully saturated rings. The maximum atomic E-state index is 12.7. The SMILES string of the molecule is CCc1cccc(NC(=O)CNC(=NC)NCCN2C(=O)C3C4C=CC(C4)C3C2=O)c1.I. The number of aryl methyl sites for hydroxylation is 1. The topological polar surface area (TPSA) is 103 Å². The third kappa shape index (κ3) is 4.82. The summed E-state index contributed by atoms with van der Waals surface area (Å²) in [6.45, 7) is 2.78. The lowest BCUT2D eigenvalue weighted by Gasteiger charge is -2.18. The number of guanidine groups is 1. The van der Waals surface area contributed by atoms with Crippen LogP contribution in [0.15, 0.2) is 41.4 Å². The molecule has 0 spiro atoms. The number of rotatable bonds is 7. The van der Waals surface area contributed by atoms with E-state index in [2.05, 4.69) is 40.0 Å². The molecule has 4 rings (SSSR count). The third-order valence-corrected chi connectivity index (χ3v) is 6.45. The highest BCUT2D eigenvalue weighted by atomic mass is 127. The molecule has 1 aromatic rings. The molecule has 32 heavy (non-hydrogen) atoms. The lowest BCUT2D eigenvalue weighted by atomic mass is 9.85. The molecule has 4 atom stereocenters.